The Hall–Kier alpha value is -2.16. The van der Waals surface area contributed by atoms with Gasteiger partial charge in [-0.15, -0.1) is 5.10 Å². The summed E-state index contributed by atoms with van der Waals surface area (Å²) in [6.45, 7) is 2.86. The van der Waals surface area contributed by atoms with Gasteiger partial charge in [-0.3, -0.25) is 0 Å². The predicted molar refractivity (Wildman–Crippen MR) is 67.8 cm³/mol. The van der Waals surface area contributed by atoms with Crippen molar-refractivity contribution < 1.29 is 0 Å². The number of fused-ring (bicyclic) bond motifs is 1. The highest BCUT2D eigenvalue weighted by Gasteiger charge is 2.03. The van der Waals surface area contributed by atoms with E-state index < -0.39 is 0 Å². The van der Waals surface area contributed by atoms with Gasteiger partial charge < -0.3 is 0 Å². The SMILES string of the molecule is Cc1ccc(Cn2nnc3ccccc32)cc1. The predicted octanol–water partition coefficient (Wildman–Crippen LogP) is 2.79. The van der Waals surface area contributed by atoms with Crippen molar-refractivity contribution in [2.75, 3.05) is 0 Å². The molecule has 0 aliphatic heterocycles. The van der Waals surface area contributed by atoms with E-state index in [2.05, 4.69) is 41.5 Å². The molecular formula is C14H13N3. The van der Waals surface area contributed by atoms with Crippen molar-refractivity contribution in [3.63, 3.8) is 0 Å². The van der Waals surface area contributed by atoms with Crippen LogP contribution in [0.1, 0.15) is 11.1 Å². The number of aryl methyl sites for hydroxylation is 1. The van der Waals surface area contributed by atoms with Crippen molar-refractivity contribution in [3.8, 4) is 0 Å². The minimum atomic E-state index is 0.765. The van der Waals surface area contributed by atoms with E-state index >= 15 is 0 Å². The van der Waals surface area contributed by atoms with Crippen molar-refractivity contribution in [2.45, 2.75) is 13.5 Å². The van der Waals surface area contributed by atoms with Gasteiger partial charge in [-0.2, -0.15) is 0 Å². The van der Waals surface area contributed by atoms with E-state index in [9.17, 15) is 0 Å². The van der Waals surface area contributed by atoms with Crippen molar-refractivity contribution in [2.24, 2.45) is 0 Å². The molecule has 0 amide bonds. The molecule has 17 heavy (non-hydrogen) atoms. The van der Waals surface area contributed by atoms with Gasteiger partial charge in [0.2, 0.25) is 0 Å². The first-order chi connectivity index (χ1) is 8.33. The molecule has 0 unspecified atom stereocenters. The lowest BCUT2D eigenvalue weighted by Crippen LogP contribution is -2.01. The highest BCUT2D eigenvalue weighted by molar-refractivity contribution is 5.73. The van der Waals surface area contributed by atoms with Gasteiger partial charge in [-0.1, -0.05) is 47.2 Å². The minimum Gasteiger partial charge on any atom is -0.240 e. The maximum atomic E-state index is 4.18. The van der Waals surface area contributed by atoms with Crippen molar-refractivity contribution in [1.29, 1.82) is 0 Å². The van der Waals surface area contributed by atoms with E-state index in [-0.39, 0.29) is 0 Å². The molecule has 0 bridgehead atoms. The number of aromatic nitrogens is 3. The molecule has 1 heterocycles. The Bertz CT molecular complexity index is 638. The van der Waals surface area contributed by atoms with Gasteiger partial charge in [0.05, 0.1) is 12.1 Å². The van der Waals surface area contributed by atoms with Crippen LogP contribution in [0.15, 0.2) is 48.5 Å². The van der Waals surface area contributed by atoms with Crippen LogP contribution in [0.3, 0.4) is 0 Å². The van der Waals surface area contributed by atoms with Gasteiger partial charge in [-0.05, 0) is 24.6 Å². The van der Waals surface area contributed by atoms with Crippen LogP contribution in [-0.4, -0.2) is 15.0 Å². The molecule has 0 spiro atoms. The Morgan fingerprint density at radius 2 is 1.76 bits per heavy atom. The average molecular weight is 223 g/mol. The van der Waals surface area contributed by atoms with E-state index in [0.717, 1.165) is 17.6 Å². The topological polar surface area (TPSA) is 30.7 Å². The second kappa shape index (κ2) is 4.01. The molecule has 3 nitrogen and oxygen atoms in total. The average Bonchev–Trinajstić information content (AvgIpc) is 2.76. The zero-order chi connectivity index (χ0) is 11.7. The van der Waals surface area contributed by atoms with Crippen LogP contribution in [0.2, 0.25) is 0 Å². The molecule has 3 rings (SSSR count). The number of para-hydroxylation sites is 1. The zero-order valence-electron chi connectivity index (χ0n) is 9.67. The lowest BCUT2D eigenvalue weighted by molar-refractivity contribution is 0.669. The van der Waals surface area contributed by atoms with E-state index in [1.54, 1.807) is 0 Å². The molecule has 0 fully saturated rings. The molecule has 0 saturated carbocycles. The summed E-state index contributed by atoms with van der Waals surface area (Å²) in [5, 5.41) is 8.33. The molecule has 3 heteroatoms. The summed E-state index contributed by atoms with van der Waals surface area (Å²) in [5.41, 5.74) is 4.54. The van der Waals surface area contributed by atoms with Crippen molar-refractivity contribution >= 4 is 11.0 Å². The van der Waals surface area contributed by atoms with Gasteiger partial charge in [0.15, 0.2) is 0 Å². The van der Waals surface area contributed by atoms with Crippen LogP contribution >= 0.6 is 0 Å². The summed E-state index contributed by atoms with van der Waals surface area (Å²) in [7, 11) is 0. The maximum Gasteiger partial charge on any atom is 0.113 e. The van der Waals surface area contributed by atoms with E-state index in [1.807, 2.05) is 28.9 Å². The van der Waals surface area contributed by atoms with Crippen molar-refractivity contribution in [1.82, 2.24) is 15.0 Å². The van der Waals surface area contributed by atoms with Gasteiger partial charge in [0.1, 0.15) is 5.52 Å². The maximum absolute atomic E-state index is 4.18. The Morgan fingerprint density at radius 1 is 1.00 bits per heavy atom. The highest BCUT2D eigenvalue weighted by atomic mass is 15.4. The molecule has 0 atom stereocenters. The summed E-state index contributed by atoms with van der Waals surface area (Å²) in [5.74, 6) is 0. The molecule has 0 radical (unpaired) electrons. The van der Waals surface area contributed by atoms with Crippen molar-refractivity contribution in [3.05, 3.63) is 59.7 Å². The molecule has 0 aliphatic carbocycles. The van der Waals surface area contributed by atoms with Crippen LogP contribution in [0.5, 0.6) is 0 Å². The standard InChI is InChI=1S/C14H13N3/c1-11-6-8-12(9-7-11)10-17-14-5-3-2-4-13(14)15-16-17/h2-9H,10H2,1H3. The fourth-order valence-corrected chi connectivity index (χ4v) is 1.90. The zero-order valence-corrected chi connectivity index (χ0v) is 9.67. The molecular weight excluding hydrogens is 210 g/mol. The van der Waals surface area contributed by atoms with Gasteiger partial charge in [0, 0.05) is 0 Å². The number of benzene rings is 2. The Labute approximate surface area is 99.7 Å². The Kier molecular flexibility index (Phi) is 2.37. The lowest BCUT2D eigenvalue weighted by Gasteiger charge is -2.02. The minimum absolute atomic E-state index is 0.765. The second-order valence-electron chi connectivity index (χ2n) is 4.22. The summed E-state index contributed by atoms with van der Waals surface area (Å²) < 4.78 is 1.93. The third kappa shape index (κ3) is 1.91. The van der Waals surface area contributed by atoms with E-state index in [1.165, 1.54) is 11.1 Å². The van der Waals surface area contributed by atoms with Gasteiger partial charge in [0.25, 0.3) is 0 Å². The molecule has 0 saturated heterocycles. The summed E-state index contributed by atoms with van der Waals surface area (Å²) >= 11 is 0. The van der Waals surface area contributed by atoms with Crippen LogP contribution in [0.25, 0.3) is 11.0 Å². The summed E-state index contributed by atoms with van der Waals surface area (Å²) in [4.78, 5) is 0. The van der Waals surface area contributed by atoms with Crippen LogP contribution in [0, 0.1) is 6.92 Å². The van der Waals surface area contributed by atoms with E-state index in [4.69, 9.17) is 0 Å². The normalized spacial score (nSPS) is 10.9. The number of rotatable bonds is 2. The summed E-state index contributed by atoms with van der Waals surface area (Å²) in [6.07, 6.45) is 0. The summed E-state index contributed by atoms with van der Waals surface area (Å²) in [6, 6.07) is 16.5. The second-order valence-corrected chi connectivity index (χ2v) is 4.22. The fourth-order valence-electron chi connectivity index (χ4n) is 1.90. The monoisotopic (exact) mass is 223 g/mol. The number of nitrogens with zero attached hydrogens (tertiary/aromatic N) is 3. The molecule has 0 aliphatic rings. The molecule has 3 aromatic rings. The molecule has 84 valence electrons. The first kappa shape index (κ1) is 10.0. The number of hydrogen-bond donors (Lipinski definition) is 0. The van der Waals surface area contributed by atoms with E-state index in [0.29, 0.717) is 0 Å². The largest absolute Gasteiger partial charge is 0.240 e. The lowest BCUT2D eigenvalue weighted by atomic mass is 10.1. The number of hydrogen-bond acceptors (Lipinski definition) is 2. The molecule has 0 N–H and O–H groups in total. The van der Waals surface area contributed by atoms with Crippen LogP contribution in [0.4, 0.5) is 0 Å². The fraction of sp³-hybridized carbons (Fsp3) is 0.143. The van der Waals surface area contributed by atoms with Crippen LogP contribution in [-0.2, 0) is 6.54 Å². The third-order valence-corrected chi connectivity index (χ3v) is 2.87. The highest BCUT2D eigenvalue weighted by Crippen LogP contribution is 2.12. The first-order valence-electron chi connectivity index (χ1n) is 5.67. The van der Waals surface area contributed by atoms with Gasteiger partial charge >= 0.3 is 0 Å². The van der Waals surface area contributed by atoms with Gasteiger partial charge in [-0.25, -0.2) is 4.68 Å². The first-order valence-corrected chi connectivity index (χ1v) is 5.67. The molecule has 1 aromatic heterocycles. The Morgan fingerprint density at radius 3 is 2.59 bits per heavy atom. The third-order valence-electron chi connectivity index (χ3n) is 2.87. The van der Waals surface area contributed by atoms with Crippen LogP contribution < -0.4 is 0 Å². The smallest absolute Gasteiger partial charge is 0.113 e. The molecule has 2 aromatic carbocycles. The Balaban J connectivity index is 1.97. The quantitative estimate of drug-likeness (QED) is 0.668.